The minimum atomic E-state index is 0.553. The van der Waals surface area contributed by atoms with Crippen LogP contribution in [0.2, 0.25) is 10.0 Å². The standard InChI is InChI=1S/C20H23Cl2N5/c1-13-3-5-27(10-14-6-16(21)8-17(22)7-14)11-15(13)9-24-20-18-2-4-23-19(18)25-12-26-20/h2,4,6-8,12-13,15H,3,5,9-11H2,1H3,(H2,23,24,25,26). The quantitative estimate of drug-likeness (QED) is 0.639. The number of hydrogen-bond acceptors (Lipinski definition) is 4. The number of nitrogens with one attached hydrogen (secondary N) is 2. The molecule has 2 aromatic heterocycles. The Morgan fingerprint density at radius 2 is 2.04 bits per heavy atom. The monoisotopic (exact) mass is 403 g/mol. The van der Waals surface area contributed by atoms with Crippen molar-refractivity contribution in [3.05, 3.63) is 52.4 Å². The zero-order chi connectivity index (χ0) is 18.8. The van der Waals surface area contributed by atoms with Gasteiger partial charge in [0, 0.05) is 35.9 Å². The molecule has 0 aliphatic carbocycles. The molecule has 0 radical (unpaired) electrons. The third-order valence-corrected chi connectivity index (χ3v) is 5.85. The number of aromatic nitrogens is 3. The lowest BCUT2D eigenvalue weighted by Crippen LogP contribution is -2.41. The maximum Gasteiger partial charge on any atom is 0.142 e. The minimum Gasteiger partial charge on any atom is -0.369 e. The first-order chi connectivity index (χ1) is 13.1. The molecule has 0 bridgehead atoms. The van der Waals surface area contributed by atoms with Gasteiger partial charge in [-0.3, -0.25) is 4.90 Å². The molecule has 3 aromatic rings. The number of likely N-dealkylation sites (tertiary alicyclic amines) is 1. The Morgan fingerprint density at radius 1 is 1.22 bits per heavy atom. The van der Waals surface area contributed by atoms with Crippen LogP contribution in [0.25, 0.3) is 11.0 Å². The Morgan fingerprint density at radius 3 is 2.85 bits per heavy atom. The van der Waals surface area contributed by atoms with Gasteiger partial charge in [-0.25, -0.2) is 9.97 Å². The number of nitrogens with zero attached hydrogens (tertiary/aromatic N) is 3. The molecule has 7 heteroatoms. The highest BCUT2D eigenvalue weighted by Crippen LogP contribution is 2.27. The predicted octanol–water partition coefficient (Wildman–Crippen LogP) is 4.83. The van der Waals surface area contributed by atoms with E-state index in [1.807, 2.05) is 24.4 Å². The summed E-state index contributed by atoms with van der Waals surface area (Å²) in [6.07, 6.45) is 4.68. The highest BCUT2D eigenvalue weighted by Gasteiger charge is 2.26. The zero-order valence-electron chi connectivity index (χ0n) is 15.3. The highest BCUT2D eigenvalue weighted by molar-refractivity contribution is 6.34. The molecule has 2 atom stereocenters. The highest BCUT2D eigenvalue weighted by atomic mass is 35.5. The van der Waals surface area contributed by atoms with E-state index < -0.39 is 0 Å². The molecule has 1 aliphatic heterocycles. The van der Waals surface area contributed by atoms with Crippen molar-refractivity contribution in [3.63, 3.8) is 0 Å². The first-order valence-corrected chi connectivity index (χ1v) is 10.0. The fourth-order valence-electron chi connectivity index (χ4n) is 3.84. The van der Waals surface area contributed by atoms with Crippen molar-refractivity contribution < 1.29 is 0 Å². The summed E-state index contributed by atoms with van der Waals surface area (Å²) < 4.78 is 0. The fourth-order valence-corrected chi connectivity index (χ4v) is 4.41. The molecule has 142 valence electrons. The average molecular weight is 404 g/mol. The molecule has 1 fully saturated rings. The van der Waals surface area contributed by atoms with Gasteiger partial charge in [0.1, 0.15) is 17.8 Å². The predicted molar refractivity (Wildman–Crippen MR) is 111 cm³/mol. The third kappa shape index (κ3) is 4.37. The van der Waals surface area contributed by atoms with Gasteiger partial charge >= 0.3 is 0 Å². The van der Waals surface area contributed by atoms with Crippen molar-refractivity contribution in [2.75, 3.05) is 25.0 Å². The molecule has 2 unspecified atom stereocenters. The van der Waals surface area contributed by atoms with Gasteiger partial charge in [0.15, 0.2) is 0 Å². The van der Waals surface area contributed by atoms with Crippen LogP contribution in [0.1, 0.15) is 18.9 Å². The van der Waals surface area contributed by atoms with E-state index in [1.165, 1.54) is 12.0 Å². The molecule has 1 aromatic carbocycles. The Bertz CT molecular complexity index is 905. The molecule has 0 saturated carbocycles. The summed E-state index contributed by atoms with van der Waals surface area (Å²) in [5.74, 6) is 2.12. The van der Waals surface area contributed by atoms with Crippen LogP contribution in [0, 0.1) is 11.8 Å². The summed E-state index contributed by atoms with van der Waals surface area (Å²) in [5, 5.41) is 5.96. The molecule has 5 nitrogen and oxygen atoms in total. The number of piperidine rings is 1. The van der Waals surface area contributed by atoms with Crippen LogP contribution in [-0.2, 0) is 6.54 Å². The summed E-state index contributed by atoms with van der Waals surface area (Å²) in [4.78, 5) is 14.3. The second-order valence-corrected chi connectivity index (χ2v) is 8.25. The summed E-state index contributed by atoms with van der Waals surface area (Å²) in [5.41, 5.74) is 2.03. The molecular formula is C20H23Cl2N5. The van der Waals surface area contributed by atoms with Crippen molar-refractivity contribution in [1.29, 1.82) is 0 Å². The Hall–Kier alpha value is -1.82. The van der Waals surface area contributed by atoms with Crippen molar-refractivity contribution in [3.8, 4) is 0 Å². The first kappa shape index (κ1) is 18.5. The number of fused-ring (bicyclic) bond motifs is 1. The van der Waals surface area contributed by atoms with Gasteiger partial charge in [0.2, 0.25) is 0 Å². The maximum absolute atomic E-state index is 6.15. The van der Waals surface area contributed by atoms with Crippen LogP contribution in [0.15, 0.2) is 36.8 Å². The number of benzene rings is 1. The molecule has 4 rings (SSSR count). The number of anilines is 1. The molecule has 0 spiro atoms. The Labute approximate surface area is 169 Å². The second-order valence-electron chi connectivity index (χ2n) is 7.38. The summed E-state index contributed by atoms with van der Waals surface area (Å²) in [6, 6.07) is 7.79. The maximum atomic E-state index is 6.15. The van der Waals surface area contributed by atoms with E-state index in [-0.39, 0.29) is 0 Å². The molecule has 27 heavy (non-hydrogen) atoms. The van der Waals surface area contributed by atoms with Gasteiger partial charge in [-0.2, -0.15) is 0 Å². The van der Waals surface area contributed by atoms with Crippen molar-refractivity contribution in [2.24, 2.45) is 11.8 Å². The number of aromatic amines is 1. The van der Waals surface area contributed by atoms with E-state index in [1.54, 1.807) is 12.4 Å². The van der Waals surface area contributed by atoms with Gasteiger partial charge in [-0.15, -0.1) is 0 Å². The van der Waals surface area contributed by atoms with E-state index in [0.717, 1.165) is 43.0 Å². The minimum absolute atomic E-state index is 0.553. The third-order valence-electron chi connectivity index (χ3n) is 5.41. The van der Waals surface area contributed by atoms with Crippen molar-refractivity contribution in [1.82, 2.24) is 19.9 Å². The van der Waals surface area contributed by atoms with Crippen LogP contribution in [0.5, 0.6) is 0 Å². The van der Waals surface area contributed by atoms with Crippen LogP contribution < -0.4 is 5.32 Å². The summed E-state index contributed by atoms with van der Waals surface area (Å²) in [6.45, 7) is 6.24. The number of hydrogen-bond donors (Lipinski definition) is 2. The molecule has 2 N–H and O–H groups in total. The lowest BCUT2D eigenvalue weighted by Gasteiger charge is -2.37. The van der Waals surface area contributed by atoms with Gasteiger partial charge < -0.3 is 10.3 Å². The van der Waals surface area contributed by atoms with Crippen LogP contribution in [-0.4, -0.2) is 39.5 Å². The van der Waals surface area contributed by atoms with E-state index in [4.69, 9.17) is 23.2 Å². The first-order valence-electron chi connectivity index (χ1n) is 9.28. The van der Waals surface area contributed by atoms with Crippen LogP contribution in [0.4, 0.5) is 5.82 Å². The number of H-pyrrole nitrogens is 1. The SMILES string of the molecule is CC1CCN(Cc2cc(Cl)cc(Cl)c2)CC1CNc1ncnc2[nH]ccc12. The lowest BCUT2D eigenvalue weighted by atomic mass is 9.86. The van der Waals surface area contributed by atoms with E-state index in [9.17, 15) is 0 Å². The van der Waals surface area contributed by atoms with E-state index >= 15 is 0 Å². The normalized spacial score (nSPS) is 20.9. The topological polar surface area (TPSA) is 56.8 Å². The van der Waals surface area contributed by atoms with Crippen molar-refractivity contribution >= 4 is 40.1 Å². The lowest BCUT2D eigenvalue weighted by molar-refractivity contribution is 0.128. The summed E-state index contributed by atoms with van der Waals surface area (Å²) in [7, 11) is 0. The molecule has 3 heterocycles. The smallest absolute Gasteiger partial charge is 0.142 e. The van der Waals surface area contributed by atoms with E-state index in [2.05, 4.69) is 32.1 Å². The Kier molecular flexibility index (Phi) is 5.53. The van der Waals surface area contributed by atoms with Crippen LogP contribution >= 0.6 is 23.2 Å². The largest absolute Gasteiger partial charge is 0.369 e. The average Bonchev–Trinajstić information content (AvgIpc) is 3.10. The zero-order valence-corrected chi connectivity index (χ0v) is 16.8. The van der Waals surface area contributed by atoms with Gasteiger partial charge in [0.05, 0.1) is 5.39 Å². The van der Waals surface area contributed by atoms with Gasteiger partial charge in [-0.1, -0.05) is 30.1 Å². The second kappa shape index (κ2) is 8.05. The fraction of sp³-hybridized carbons (Fsp3) is 0.400. The van der Waals surface area contributed by atoms with E-state index in [0.29, 0.717) is 21.9 Å². The Balaban J connectivity index is 1.41. The van der Waals surface area contributed by atoms with Gasteiger partial charge in [-0.05, 0) is 54.6 Å². The number of rotatable bonds is 5. The van der Waals surface area contributed by atoms with Gasteiger partial charge in [0.25, 0.3) is 0 Å². The van der Waals surface area contributed by atoms with Crippen LogP contribution in [0.3, 0.4) is 0 Å². The van der Waals surface area contributed by atoms with Crippen molar-refractivity contribution in [2.45, 2.75) is 19.9 Å². The number of halogens is 2. The molecule has 0 amide bonds. The molecular weight excluding hydrogens is 381 g/mol. The molecule has 1 saturated heterocycles. The molecule has 1 aliphatic rings. The summed E-state index contributed by atoms with van der Waals surface area (Å²) >= 11 is 12.3.